The third kappa shape index (κ3) is 6.33. The number of fused-ring (bicyclic) bond motifs is 1. The molecule has 0 spiro atoms. The zero-order chi connectivity index (χ0) is 27.3. The molecule has 1 unspecified atom stereocenters. The molecule has 7 nitrogen and oxygen atoms in total. The maximum Gasteiger partial charge on any atom is 0.573 e. The SMILES string of the molecule is CCNC(=O)c1cccc(-c2ccc(OC(F)(F)F)c(C(=O)NC(CN)Cc3c[nH]c4ccccc34)c2)c1. The van der Waals surface area contributed by atoms with Gasteiger partial charge in [-0.05, 0) is 60.4 Å². The number of carbonyl (C=O) groups excluding carboxylic acids is 2. The lowest BCUT2D eigenvalue weighted by Crippen LogP contribution is -2.42. The first kappa shape index (κ1) is 26.7. The van der Waals surface area contributed by atoms with Crippen molar-refractivity contribution >= 4 is 22.7 Å². The number of nitrogens with two attached hydrogens (primary N) is 1. The smallest absolute Gasteiger partial charge is 0.405 e. The molecule has 0 fully saturated rings. The van der Waals surface area contributed by atoms with E-state index in [1.807, 2.05) is 30.5 Å². The van der Waals surface area contributed by atoms with E-state index in [-0.39, 0.29) is 18.0 Å². The van der Waals surface area contributed by atoms with Crippen molar-refractivity contribution in [1.82, 2.24) is 15.6 Å². The lowest BCUT2D eigenvalue weighted by molar-refractivity contribution is -0.274. The first-order valence-corrected chi connectivity index (χ1v) is 12.0. The number of alkyl halides is 3. The quantitative estimate of drug-likeness (QED) is 0.253. The Labute approximate surface area is 217 Å². The minimum absolute atomic E-state index is 0.0645. The predicted octanol–water partition coefficient (Wildman–Crippen LogP) is 4.78. The van der Waals surface area contributed by atoms with Gasteiger partial charge in [-0.15, -0.1) is 13.2 Å². The number of hydrogen-bond donors (Lipinski definition) is 4. The van der Waals surface area contributed by atoms with E-state index in [1.165, 1.54) is 12.1 Å². The number of aromatic amines is 1. The third-order valence-electron chi connectivity index (χ3n) is 6.01. The lowest BCUT2D eigenvalue weighted by atomic mass is 9.99. The summed E-state index contributed by atoms with van der Waals surface area (Å²) in [5.41, 5.74) is 8.83. The number of para-hydroxylation sites is 1. The summed E-state index contributed by atoms with van der Waals surface area (Å²) in [6.45, 7) is 2.30. The van der Waals surface area contributed by atoms with Crippen molar-refractivity contribution in [1.29, 1.82) is 0 Å². The highest BCUT2D eigenvalue weighted by atomic mass is 19.4. The Morgan fingerprint density at radius 2 is 1.76 bits per heavy atom. The van der Waals surface area contributed by atoms with Crippen LogP contribution in [0.2, 0.25) is 0 Å². The molecule has 198 valence electrons. The topological polar surface area (TPSA) is 109 Å². The average molecular weight is 525 g/mol. The average Bonchev–Trinajstić information content (AvgIpc) is 3.30. The predicted molar refractivity (Wildman–Crippen MR) is 139 cm³/mol. The normalized spacial score (nSPS) is 12.2. The van der Waals surface area contributed by atoms with Crippen molar-refractivity contribution in [3.05, 3.63) is 89.6 Å². The Morgan fingerprint density at radius 3 is 2.50 bits per heavy atom. The molecular formula is C28H27F3N4O3. The highest BCUT2D eigenvalue weighted by Crippen LogP contribution is 2.31. The van der Waals surface area contributed by atoms with Gasteiger partial charge in [-0.1, -0.05) is 36.4 Å². The monoisotopic (exact) mass is 524 g/mol. The number of amides is 2. The Hall–Kier alpha value is -4.31. The summed E-state index contributed by atoms with van der Waals surface area (Å²) in [7, 11) is 0. The molecule has 0 bridgehead atoms. The summed E-state index contributed by atoms with van der Waals surface area (Å²) in [5.74, 6) is -1.69. The fraction of sp³-hybridized carbons (Fsp3) is 0.214. The Morgan fingerprint density at radius 1 is 1.00 bits per heavy atom. The van der Waals surface area contributed by atoms with Crippen LogP contribution in [0.3, 0.4) is 0 Å². The van der Waals surface area contributed by atoms with Gasteiger partial charge >= 0.3 is 6.36 Å². The van der Waals surface area contributed by atoms with E-state index < -0.39 is 24.1 Å². The largest absolute Gasteiger partial charge is 0.573 e. The van der Waals surface area contributed by atoms with E-state index in [1.54, 1.807) is 31.2 Å². The molecule has 3 aromatic carbocycles. The van der Waals surface area contributed by atoms with Gasteiger partial charge in [-0.3, -0.25) is 9.59 Å². The summed E-state index contributed by atoms with van der Waals surface area (Å²) >= 11 is 0. The standard InChI is InChI=1S/C28H27F3N4O3/c1-2-33-26(36)19-7-5-6-17(12-19)18-10-11-25(38-28(29,30)31)23(14-18)27(37)35-21(15-32)13-20-16-34-24-9-4-3-8-22(20)24/h3-12,14,16,21,34H,2,13,15,32H2,1H3,(H,33,36)(H,35,37). The number of hydrogen-bond acceptors (Lipinski definition) is 4. The van der Waals surface area contributed by atoms with E-state index in [9.17, 15) is 22.8 Å². The van der Waals surface area contributed by atoms with Crippen LogP contribution in [-0.4, -0.2) is 42.3 Å². The Bertz CT molecular complexity index is 1450. The van der Waals surface area contributed by atoms with Gasteiger partial charge in [0.15, 0.2) is 0 Å². The van der Waals surface area contributed by atoms with Crippen LogP contribution in [0, 0.1) is 0 Å². The van der Waals surface area contributed by atoms with E-state index >= 15 is 0 Å². The van der Waals surface area contributed by atoms with Crippen LogP contribution < -0.4 is 21.1 Å². The van der Waals surface area contributed by atoms with Gasteiger partial charge in [0.1, 0.15) is 5.75 Å². The second kappa shape index (κ2) is 11.4. The van der Waals surface area contributed by atoms with Crippen LogP contribution in [0.25, 0.3) is 22.0 Å². The summed E-state index contributed by atoms with van der Waals surface area (Å²) in [6, 6.07) is 17.5. The molecule has 0 aliphatic heterocycles. The first-order valence-electron chi connectivity index (χ1n) is 12.0. The second-order valence-electron chi connectivity index (χ2n) is 8.67. The van der Waals surface area contributed by atoms with E-state index in [2.05, 4.69) is 20.4 Å². The van der Waals surface area contributed by atoms with Crippen LogP contribution in [0.15, 0.2) is 72.9 Å². The van der Waals surface area contributed by atoms with Crippen LogP contribution in [-0.2, 0) is 6.42 Å². The molecule has 5 N–H and O–H groups in total. The van der Waals surface area contributed by atoms with Crippen molar-refractivity contribution < 1.29 is 27.5 Å². The lowest BCUT2D eigenvalue weighted by Gasteiger charge is -2.19. The van der Waals surface area contributed by atoms with Crippen LogP contribution in [0.5, 0.6) is 5.75 Å². The van der Waals surface area contributed by atoms with Gasteiger partial charge < -0.3 is 26.1 Å². The number of nitrogens with one attached hydrogen (secondary N) is 3. The van der Waals surface area contributed by atoms with Crippen molar-refractivity contribution in [2.24, 2.45) is 5.73 Å². The molecule has 2 amide bonds. The minimum atomic E-state index is -4.99. The molecule has 0 saturated heterocycles. The summed E-state index contributed by atoms with van der Waals surface area (Å²) in [4.78, 5) is 28.7. The van der Waals surface area contributed by atoms with E-state index in [0.29, 0.717) is 29.7 Å². The Kier molecular flexibility index (Phi) is 8.02. The molecule has 0 aliphatic carbocycles. The molecule has 1 atom stereocenters. The van der Waals surface area contributed by atoms with Crippen molar-refractivity contribution in [3.8, 4) is 16.9 Å². The van der Waals surface area contributed by atoms with Gasteiger partial charge in [0.25, 0.3) is 11.8 Å². The first-order chi connectivity index (χ1) is 18.2. The van der Waals surface area contributed by atoms with Gasteiger partial charge in [0.2, 0.25) is 0 Å². The maximum absolute atomic E-state index is 13.3. The molecule has 38 heavy (non-hydrogen) atoms. The number of carbonyl (C=O) groups is 2. The van der Waals surface area contributed by atoms with E-state index in [0.717, 1.165) is 22.5 Å². The van der Waals surface area contributed by atoms with Gasteiger partial charge in [-0.25, -0.2) is 0 Å². The molecular weight excluding hydrogens is 497 g/mol. The number of H-pyrrole nitrogens is 1. The molecule has 10 heteroatoms. The van der Waals surface area contributed by atoms with Crippen molar-refractivity contribution in [3.63, 3.8) is 0 Å². The van der Waals surface area contributed by atoms with E-state index in [4.69, 9.17) is 5.73 Å². The van der Waals surface area contributed by atoms with Gasteiger partial charge in [0.05, 0.1) is 5.56 Å². The highest BCUT2D eigenvalue weighted by Gasteiger charge is 2.33. The Balaban J connectivity index is 1.64. The van der Waals surface area contributed by atoms with Crippen LogP contribution >= 0.6 is 0 Å². The molecule has 0 radical (unpaired) electrons. The maximum atomic E-state index is 13.3. The van der Waals surface area contributed by atoms with Crippen molar-refractivity contribution in [2.75, 3.05) is 13.1 Å². The third-order valence-corrected chi connectivity index (χ3v) is 6.01. The zero-order valence-corrected chi connectivity index (χ0v) is 20.6. The summed E-state index contributed by atoms with van der Waals surface area (Å²) in [6.07, 6.45) is -2.80. The molecule has 1 heterocycles. The molecule has 1 aromatic heterocycles. The molecule has 4 rings (SSSR count). The fourth-order valence-corrected chi connectivity index (χ4v) is 4.23. The molecule has 0 aliphatic rings. The number of aromatic nitrogens is 1. The number of benzene rings is 3. The molecule has 0 saturated carbocycles. The number of halogens is 3. The minimum Gasteiger partial charge on any atom is -0.405 e. The zero-order valence-electron chi connectivity index (χ0n) is 20.6. The highest BCUT2D eigenvalue weighted by molar-refractivity contribution is 5.99. The van der Waals surface area contributed by atoms with Gasteiger partial charge in [0, 0.05) is 41.8 Å². The van der Waals surface area contributed by atoms with Crippen molar-refractivity contribution in [2.45, 2.75) is 25.7 Å². The fourth-order valence-electron chi connectivity index (χ4n) is 4.23. The van der Waals surface area contributed by atoms with Crippen LogP contribution in [0.4, 0.5) is 13.2 Å². The summed E-state index contributed by atoms with van der Waals surface area (Å²) < 4.78 is 43.5. The molecule has 4 aromatic rings. The second-order valence-corrected chi connectivity index (χ2v) is 8.67. The van der Waals surface area contributed by atoms with Crippen LogP contribution in [0.1, 0.15) is 33.2 Å². The van der Waals surface area contributed by atoms with Gasteiger partial charge in [-0.2, -0.15) is 0 Å². The summed E-state index contributed by atoms with van der Waals surface area (Å²) in [5, 5.41) is 6.42. The number of rotatable bonds is 9. The number of ether oxygens (including phenoxy) is 1.